The second kappa shape index (κ2) is 10.2. The fourth-order valence-corrected chi connectivity index (χ4v) is 4.24. The van der Waals surface area contributed by atoms with E-state index < -0.39 is 0 Å². The Labute approximate surface area is 178 Å². The molecule has 0 aliphatic rings. The van der Waals surface area contributed by atoms with E-state index in [9.17, 15) is 9.59 Å². The first-order valence-corrected chi connectivity index (χ1v) is 11.1. The molecule has 0 aliphatic carbocycles. The van der Waals surface area contributed by atoms with Crippen LogP contribution in [0.25, 0.3) is 0 Å². The van der Waals surface area contributed by atoms with Gasteiger partial charge >= 0.3 is 0 Å². The van der Waals surface area contributed by atoms with E-state index in [1.54, 1.807) is 0 Å². The van der Waals surface area contributed by atoms with Crippen LogP contribution in [0, 0.1) is 13.8 Å². The number of para-hydroxylation sites is 1. The SMILES string of the molecule is Cc1cccc(CNC(=O)CSCc2nnc(C(=O)Nc3ccccc3C)s2)c1. The molecule has 0 spiro atoms. The number of aromatic nitrogens is 2. The van der Waals surface area contributed by atoms with Gasteiger partial charge in [0.1, 0.15) is 5.01 Å². The maximum Gasteiger partial charge on any atom is 0.286 e. The summed E-state index contributed by atoms with van der Waals surface area (Å²) < 4.78 is 0. The van der Waals surface area contributed by atoms with Gasteiger partial charge in [0.25, 0.3) is 5.91 Å². The number of nitrogens with one attached hydrogen (secondary N) is 2. The average molecular weight is 427 g/mol. The monoisotopic (exact) mass is 426 g/mol. The predicted molar refractivity (Wildman–Crippen MR) is 118 cm³/mol. The fraction of sp³-hybridized carbons (Fsp3) is 0.238. The number of nitrogens with zero attached hydrogens (tertiary/aromatic N) is 2. The first kappa shape index (κ1) is 21.0. The van der Waals surface area contributed by atoms with Crippen LogP contribution in [0.2, 0.25) is 0 Å². The summed E-state index contributed by atoms with van der Waals surface area (Å²) in [5.74, 6) is 0.561. The molecule has 0 saturated carbocycles. The molecule has 0 radical (unpaired) electrons. The van der Waals surface area contributed by atoms with Crippen LogP contribution < -0.4 is 10.6 Å². The molecule has 8 heteroatoms. The Balaban J connectivity index is 1.42. The largest absolute Gasteiger partial charge is 0.351 e. The van der Waals surface area contributed by atoms with Crippen LogP contribution in [0.15, 0.2) is 48.5 Å². The van der Waals surface area contributed by atoms with Gasteiger partial charge in [-0.25, -0.2) is 0 Å². The van der Waals surface area contributed by atoms with Gasteiger partial charge in [-0.1, -0.05) is 59.4 Å². The summed E-state index contributed by atoms with van der Waals surface area (Å²) in [7, 11) is 0. The predicted octanol–water partition coefficient (Wildman–Crippen LogP) is 3.96. The first-order valence-electron chi connectivity index (χ1n) is 9.10. The molecule has 0 fully saturated rings. The van der Waals surface area contributed by atoms with Crippen molar-refractivity contribution in [1.29, 1.82) is 0 Å². The number of amides is 2. The Kier molecular flexibility index (Phi) is 7.37. The van der Waals surface area contributed by atoms with Gasteiger partial charge in [0, 0.05) is 18.0 Å². The highest BCUT2D eigenvalue weighted by atomic mass is 32.2. The lowest BCUT2D eigenvalue weighted by Gasteiger charge is -2.05. The number of carbonyl (C=O) groups excluding carboxylic acids is 2. The summed E-state index contributed by atoms with van der Waals surface area (Å²) in [4.78, 5) is 24.3. The van der Waals surface area contributed by atoms with Crippen molar-refractivity contribution in [2.75, 3.05) is 11.1 Å². The lowest BCUT2D eigenvalue weighted by molar-refractivity contribution is -0.118. The van der Waals surface area contributed by atoms with Gasteiger partial charge in [-0.15, -0.1) is 22.0 Å². The second-order valence-corrected chi connectivity index (χ2v) is 8.58. The summed E-state index contributed by atoms with van der Waals surface area (Å²) >= 11 is 2.69. The molecule has 0 aliphatic heterocycles. The van der Waals surface area contributed by atoms with Gasteiger partial charge in [-0.3, -0.25) is 9.59 Å². The lowest BCUT2D eigenvalue weighted by atomic mass is 10.1. The Hall–Kier alpha value is -2.71. The van der Waals surface area contributed by atoms with E-state index in [1.165, 1.54) is 28.7 Å². The van der Waals surface area contributed by atoms with E-state index in [0.717, 1.165) is 21.8 Å². The third kappa shape index (κ3) is 6.40. The molecule has 2 aromatic carbocycles. The van der Waals surface area contributed by atoms with Crippen molar-refractivity contribution >= 4 is 40.6 Å². The van der Waals surface area contributed by atoms with Crippen molar-refractivity contribution in [2.24, 2.45) is 0 Å². The molecule has 0 bridgehead atoms. The second-order valence-electron chi connectivity index (χ2n) is 6.53. The minimum atomic E-state index is -0.274. The highest BCUT2D eigenvalue weighted by Gasteiger charge is 2.14. The summed E-state index contributed by atoms with van der Waals surface area (Å²) in [6.45, 7) is 4.48. The van der Waals surface area contributed by atoms with E-state index >= 15 is 0 Å². The Morgan fingerprint density at radius 2 is 1.90 bits per heavy atom. The first-order chi connectivity index (χ1) is 14.0. The van der Waals surface area contributed by atoms with Crippen LogP contribution in [0.5, 0.6) is 0 Å². The number of hydrogen-bond acceptors (Lipinski definition) is 6. The minimum Gasteiger partial charge on any atom is -0.351 e. The van der Waals surface area contributed by atoms with Gasteiger partial charge in [-0.05, 0) is 31.0 Å². The van der Waals surface area contributed by atoms with E-state index in [1.807, 2.05) is 56.3 Å². The molecule has 150 valence electrons. The zero-order chi connectivity index (χ0) is 20.6. The van der Waals surface area contributed by atoms with Crippen LogP contribution in [-0.4, -0.2) is 27.8 Å². The van der Waals surface area contributed by atoms with Crippen LogP contribution in [0.1, 0.15) is 31.5 Å². The molecule has 6 nitrogen and oxygen atoms in total. The molecular formula is C21H22N4O2S2. The summed E-state index contributed by atoms with van der Waals surface area (Å²) in [6.07, 6.45) is 0. The van der Waals surface area contributed by atoms with Gasteiger partial charge in [0.2, 0.25) is 10.9 Å². The number of hydrogen-bond donors (Lipinski definition) is 2. The Morgan fingerprint density at radius 1 is 1.07 bits per heavy atom. The van der Waals surface area contributed by atoms with Gasteiger partial charge < -0.3 is 10.6 Å². The summed E-state index contributed by atoms with van der Waals surface area (Å²) in [6, 6.07) is 15.6. The number of rotatable bonds is 8. The number of benzene rings is 2. The van der Waals surface area contributed by atoms with Gasteiger partial charge in [-0.2, -0.15) is 0 Å². The van der Waals surface area contributed by atoms with Crippen LogP contribution in [0.4, 0.5) is 5.69 Å². The third-order valence-corrected chi connectivity index (χ3v) is 6.13. The molecule has 3 rings (SSSR count). The van der Waals surface area contributed by atoms with Crippen molar-refractivity contribution in [3.8, 4) is 0 Å². The van der Waals surface area contributed by atoms with Gasteiger partial charge in [0.15, 0.2) is 0 Å². The van der Waals surface area contributed by atoms with Crippen molar-refractivity contribution in [3.63, 3.8) is 0 Å². The molecule has 29 heavy (non-hydrogen) atoms. The van der Waals surface area contributed by atoms with E-state index in [2.05, 4.69) is 26.9 Å². The highest BCUT2D eigenvalue weighted by Crippen LogP contribution is 2.19. The molecule has 2 N–H and O–H groups in total. The minimum absolute atomic E-state index is 0.0291. The van der Waals surface area contributed by atoms with Crippen LogP contribution >= 0.6 is 23.1 Å². The average Bonchev–Trinajstić information content (AvgIpc) is 3.17. The highest BCUT2D eigenvalue weighted by molar-refractivity contribution is 7.99. The Morgan fingerprint density at radius 3 is 2.69 bits per heavy atom. The van der Waals surface area contributed by atoms with E-state index in [0.29, 0.717) is 23.1 Å². The standard InChI is InChI=1S/C21H22N4O2S2/c1-14-6-5-8-16(10-14)11-22-18(26)12-28-13-19-24-25-21(29-19)20(27)23-17-9-4-3-7-15(17)2/h3-10H,11-13H2,1-2H3,(H,22,26)(H,23,27). The molecular weight excluding hydrogens is 404 g/mol. The molecule has 3 aromatic rings. The molecule has 1 aromatic heterocycles. The zero-order valence-corrected chi connectivity index (χ0v) is 17.9. The van der Waals surface area contributed by atoms with Crippen molar-refractivity contribution in [3.05, 3.63) is 75.2 Å². The van der Waals surface area contributed by atoms with Crippen molar-refractivity contribution in [1.82, 2.24) is 15.5 Å². The number of carbonyl (C=O) groups is 2. The van der Waals surface area contributed by atoms with E-state index in [-0.39, 0.29) is 11.8 Å². The Bertz CT molecular complexity index is 1000. The molecule has 2 amide bonds. The topological polar surface area (TPSA) is 84.0 Å². The number of anilines is 1. The van der Waals surface area contributed by atoms with Gasteiger partial charge in [0.05, 0.1) is 5.75 Å². The normalized spacial score (nSPS) is 10.6. The maximum absolute atomic E-state index is 12.3. The third-order valence-electron chi connectivity index (χ3n) is 4.09. The van der Waals surface area contributed by atoms with E-state index in [4.69, 9.17) is 0 Å². The fourth-order valence-electron chi connectivity index (χ4n) is 2.60. The molecule has 0 saturated heterocycles. The molecule has 0 atom stereocenters. The van der Waals surface area contributed by atoms with Crippen LogP contribution in [0.3, 0.4) is 0 Å². The van der Waals surface area contributed by atoms with Crippen LogP contribution in [-0.2, 0) is 17.1 Å². The lowest BCUT2D eigenvalue weighted by Crippen LogP contribution is -2.24. The summed E-state index contributed by atoms with van der Waals surface area (Å²) in [5, 5.41) is 14.8. The maximum atomic E-state index is 12.3. The van der Waals surface area contributed by atoms with Crippen molar-refractivity contribution in [2.45, 2.75) is 26.1 Å². The zero-order valence-electron chi connectivity index (χ0n) is 16.3. The quantitative estimate of drug-likeness (QED) is 0.570. The number of thioether (sulfide) groups is 1. The van der Waals surface area contributed by atoms with Crippen molar-refractivity contribution < 1.29 is 9.59 Å². The summed E-state index contributed by atoms with van der Waals surface area (Å²) in [5.41, 5.74) is 3.99. The number of aryl methyl sites for hydroxylation is 2. The molecule has 0 unspecified atom stereocenters. The smallest absolute Gasteiger partial charge is 0.286 e. The molecule has 1 heterocycles.